The van der Waals surface area contributed by atoms with Crippen molar-refractivity contribution in [3.63, 3.8) is 0 Å². The summed E-state index contributed by atoms with van der Waals surface area (Å²) in [6, 6.07) is 18.1. The number of aryl methyl sites for hydroxylation is 1. The quantitative estimate of drug-likeness (QED) is 0.294. The minimum atomic E-state index is -4.09. The van der Waals surface area contributed by atoms with Crippen LogP contribution >= 0.6 is 11.6 Å². The van der Waals surface area contributed by atoms with E-state index in [4.69, 9.17) is 11.6 Å². The van der Waals surface area contributed by atoms with Crippen molar-refractivity contribution in [2.24, 2.45) is 5.10 Å². The summed E-state index contributed by atoms with van der Waals surface area (Å²) >= 11 is 6.09. The predicted octanol–water partition coefficient (Wildman–Crippen LogP) is 3.90. The normalized spacial score (nSPS) is 11.3. The zero-order valence-corrected chi connectivity index (χ0v) is 19.0. The number of non-ortho nitro benzene ring substituents is 1. The second kappa shape index (κ2) is 10.2. The lowest BCUT2D eigenvalue weighted by atomic mass is 10.2. The summed E-state index contributed by atoms with van der Waals surface area (Å²) in [4.78, 5) is 22.9. The van der Waals surface area contributed by atoms with Crippen molar-refractivity contribution in [1.82, 2.24) is 5.43 Å². The zero-order valence-electron chi connectivity index (χ0n) is 17.4. The third-order valence-electron chi connectivity index (χ3n) is 4.54. The molecule has 3 aromatic rings. The molecule has 0 spiro atoms. The standard InChI is InChI=1S/C22H19ClN4O5S/c1-16-10-11-18(23)13-21(16)26(33(31,32)20-8-3-2-4-9-20)15-22(28)25-24-14-17-6-5-7-19(12-17)27(29)30/h2-14H,15H2,1H3,(H,25,28)/b24-14-. The van der Waals surface area contributed by atoms with Crippen molar-refractivity contribution in [3.05, 3.63) is 99.1 Å². The maximum absolute atomic E-state index is 13.3. The first-order valence-corrected chi connectivity index (χ1v) is 11.4. The number of nitrogens with one attached hydrogen (secondary N) is 1. The van der Waals surface area contributed by atoms with Gasteiger partial charge in [-0.1, -0.05) is 48.0 Å². The Kier molecular flexibility index (Phi) is 7.41. The number of nitrogens with zero attached hydrogens (tertiary/aromatic N) is 3. The largest absolute Gasteiger partial charge is 0.271 e. The molecule has 0 atom stereocenters. The minimum Gasteiger partial charge on any atom is -0.271 e. The van der Waals surface area contributed by atoms with Crippen LogP contribution in [0.1, 0.15) is 11.1 Å². The molecule has 0 aliphatic carbocycles. The number of hydrogen-bond donors (Lipinski definition) is 1. The zero-order chi connectivity index (χ0) is 24.0. The van der Waals surface area contributed by atoms with Crippen LogP contribution in [0.3, 0.4) is 0 Å². The lowest BCUT2D eigenvalue weighted by Gasteiger charge is -2.25. The maximum atomic E-state index is 13.3. The third kappa shape index (κ3) is 5.93. The molecule has 0 heterocycles. The van der Waals surface area contributed by atoms with E-state index in [0.29, 0.717) is 16.1 Å². The van der Waals surface area contributed by atoms with E-state index in [1.807, 2.05) is 0 Å². The van der Waals surface area contributed by atoms with Gasteiger partial charge in [-0.15, -0.1) is 0 Å². The second-order valence-corrected chi connectivity index (χ2v) is 9.20. The monoisotopic (exact) mass is 486 g/mol. The van der Waals surface area contributed by atoms with Crippen molar-refractivity contribution in [2.45, 2.75) is 11.8 Å². The number of anilines is 1. The van der Waals surface area contributed by atoms with Gasteiger partial charge in [-0.3, -0.25) is 19.2 Å². The molecule has 1 N–H and O–H groups in total. The lowest BCUT2D eigenvalue weighted by Crippen LogP contribution is -2.40. The Morgan fingerprint density at radius 3 is 2.55 bits per heavy atom. The van der Waals surface area contributed by atoms with E-state index < -0.39 is 27.4 Å². The van der Waals surface area contributed by atoms with Crippen molar-refractivity contribution in [1.29, 1.82) is 0 Å². The van der Waals surface area contributed by atoms with Gasteiger partial charge < -0.3 is 0 Å². The van der Waals surface area contributed by atoms with E-state index in [2.05, 4.69) is 10.5 Å². The van der Waals surface area contributed by atoms with Gasteiger partial charge in [-0.25, -0.2) is 13.8 Å². The number of nitro benzene ring substituents is 1. The molecule has 170 valence electrons. The van der Waals surface area contributed by atoms with Crippen LogP contribution in [-0.2, 0) is 14.8 Å². The van der Waals surface area contributed by atoms with Crippen LogP contribution in [-0.4, -0.2) is 32.0 Å². The first-order valence-electron chi connectivity index (χ1n) is 9.59. The first-order chi connectivity index (χ1) is 15.7. The Morgan fingerprint density at radius 2 is 1.85 bits per heavy atom. The van der Waals surface area contributed by atoms with Crippen molar-refractivity contribution in [2.75, 3.05) is 10.8 Å². The van der Waals surface area contributed by atoms with Crippen LogP contribution in [0.25, 0.3) is 0 Å². The molecule has 0 aliphatic heterocycles. The summed E-state index contributed by atoms with van der Waals surface area (Å²) in [5, 5.41) is 15.0. The van der Waals surface area contributed by atoms with Gasteiger partial charge in [0.1, 0.15) is 6.54 Å². The molecule has 0 fully saturated rings. The van der Waals surface area contributed by atoms with Crippen LogP contribution in [0, 0.1) is 17.0 Å². The number of hydrazone groups is 1. The van der Waals surface area contributed by atoms with Gasteiger partial charge in [-0.05, 0) is 36.8 Å². The molecule has 9 nitrogen and oxygen atoms in total. The topological polar surface area (TPSA) is 122 Å². The van der Waals surface area contributed by atoms with E-state index >= 15 is 0 Å². The molecule has 11 heteroatoms. The highest BCUT2D eigenvalue weighted by atomic mass is 35.5. The van der Waals surface area contributed by atoms with E-state index in [0.717, 1.165) is 4.31 Å². The molecule has 0 unspecified atom stereocenters. The molecule has 0 aromatic heterocycles. The Hall–Kier alpha value is -3.76. The smallest absolute Gasteiger partial charge is 0.270 e. The molecule has 33 heavy (non-hydrogen) atoms. The summed E-state index contributed by atoms with van der Waals surface area (Å²) in [6.45, 7) is 1.14. The van der Waals surface area contributed by atoms with E-state index in [1.165, 1.54) is 42.6 Å². The molecule has 1 amide bonds. The van der Waals surface area contributed by atoms with Gasteiger partial charge in [-0.2, -0.15) is 5.10 Å². The van der Waals surface area contributed by atoms with Gasteiger partial charge >= 0.3 is 0 Å². The van der Waals surface area contributed by atoms with E-state index in [1.54, 1.807) is 43.3 Å². The third-order valence-corrected chi connectivity index (χ3v) is 6.55. The molecule has 3 aromatic carbocycles. The average Bonchev–Trinajstić information content (AvgIpc) is 2.80. The summed E-state index contributed by atoms with van der Waals surface area (Å²) in [6.07, 6.45) is 1.23. The van der Waals surface area contributed by atoms with Crippen LogP contribution in [0.15, 0.2) is 82.8 Å². The first kappa shape index (κ1) is 23.9. The Bertz CT molecular complexity index is 1310. The number of carbonyl (C=O) groups excluding carboxylic acids is 1. The van der Waals surface area contributed by atoms with Crippen LogP contribution in [0.5, 0.6) is 0 Å². The van der Waals surface area contributed by atoms with Gasteiger partial charge in [0.05, 0.1) is 21.7 Å². The molecular weight excluding hydrogens is 468 g/mol. The fourth-order valence-electron chi connectivity index (χ4n) is 2.93. The maximum Gasteiger partial charge on any atom is 0.270 e. The molecule has 0 aliphatic rings. The minimum absolute atomic E-state index is 0.0114. The van der Waals surface area contributed by atoms with Crippen LogP contribution in [0.2, 0.25) is 5.02 Å². The lowest BCUT2D eigenvalue weighted by molar-refractivity contribution is -0.384. The number of nitro groups is 1. The summed E-state index contributed by atoms with van der Waals surface area (Å²) in [5.41, 5.74) is 3.39. The van der Waals surface area contributed by atoms with Gasteiger partial charge in [0, 0.05) is 22.7 Å². The Morgan fingerprint density at radius 1 is 1.12 bits per heavy atom. The summed E-state index contributed by atoms with van der Waals surface area (Å²) in [7, 11) is -4.09. The van der Waals surface area contributed by atoms with Gasteiger partial charge in [0.2, 0.25) is 0 Å². The van der Waals surface area contributed by atoms with Gasteiger partial charge in [0.25, 0.3) is 21.6 Å². The molecular formula is C22H19ClN4O5S. The highest BCUT2D eigenvalue weighted by Gasteiger charge is 2.28. The van der Waals surface area contributed by atoms with Crippen LogP contribution in [0.4, 0.5) is 11.4 Å². The number of halogens is 1. The summed E-state index contributed by atoms with van der Waals surface area (Å²) in [5.74, 6) is -0.712. The fourth-order valence-corrected chi connectivity index (χ4v) is 4.60. The average molecular weight is 487 g/mol. The summed E-state index contributed by atoms with van der Waals surface area (Å²) < 4.78 is 27.6. The molecule has 0 bridgehead atoms. The second-order valence-electron chi connectivity index (χ2n) is 6.90. The molecule has 0 saturated heterocycles. The van der Waals surface area contributed by atoms with E-state index in [9.17, 15) is 23.3 Å². The van der Waals surface area contributed by atoms with Crippen LogP contribution < -0.4 is 9.73 Å². The number of sulfonamides is 1. The Labute approximate surface area is 195 Å². The highest BCUT2D eigenvalue weighted by molar-refractivity contribution is 7.92. The molecule has 0 saturated carbocycles. The predicted molar refractivity (Wildman–Crippen MR) is 126 cm³/mol. The van der Waals surface area contributed by atoms with Crippen molar-refractivity contribution < 1.29 is 18.1 Å². The highest BCUT2D eigenvalue weighted by Crippen LogP contribution is 2.29. The fraction of sp³-hybridized carbons (Fsp3) is 0.0909. The number of carbonyl (C=O) groups is 1. The number of amides is 1. The molecule has 3 rings (SSSR count). The van der Waals surface area contributed by atoms with E-state index in [-0.39, 0.29) is 16.3 Å². The number of rotatable bonds is 8. The number of hydrogen-bond acceptors (Lipinski definition) is 6. The van der Waals surface area contributed by atoms with Crippen molar-refractivity contribution in [3.8, 4) is 0 Å². The number of benzene rings is 3. The Balaban J connectivity index is 1.86. The van der Waals surface area contributed by atoms with Crippen molar-refractivity contribution >= 4 is 45.1 Å². The van der Waals surface area contributed by atoms with Gasteiger partial charge in [0.15, 0.2) is 0 Å². The SMILES string of the molecule is Cc1ccc(Cl)cc1N(CC(=O)N/N=C\c1cccc([N+](=O)[O-])c1)S(=O)(=O)c1ccccc1. The molecule has 0 radical (unpaired) electrons.